The molecule has 3 saturated heterocycles. The standard InChI is InChI=1S/C60H95FN6O14/c1-16-48-60(11,74)53(70)38(6)66(13)32-34(2)28-58(9,73)55(36(4)51(37(5)56(72)79-48)80-49-29-59(10,76-15)54(71)39(7)78-49)81-57-50(69)46(26-35(3)77-57)65(12)25-24-45-33-67(64-63-45)47(30-61)52(75-14)43-22-20-42(21-23-43)44-19-17-18-41(27-44)31-62-40(8)68/h17-23,27,33-39,46-55,57,69-71,73-74H,16,24-26,28-32H2,1-15H3,(H,62,68)/t34-,35-,36+,37-,38-,39+,46+,47-,48-,49+,50-,51+,52-,53-,54+,55-,57+,58-,59-,60-/m1/s1. The van der Waals surface area contributed by atoms with E-state index >= 15 is 4.39 Å². The number of cyclic esters (lactones) is 1. The Morgan fingerprint density at radius 3 is 2.28 bits per heavy atom. The van der Waals surface area contributed by atoms with Gasteiger partial charge in [0.05, 0.1) is 47.2 Å². The molecule has 3 aromatic rings. The van der Waals surface area contributed by atoms with Gasteiger partial charge >= 0.3 is 5.97 Å². The zero-order valence-corrected chi connectivity index (χ0v) is 50.4. The molecule has 0 saturated carbocycles. The van der Waals surface area contributed by atoms with E-state index in [1.807, 2.05) is 86.3 Å². The van der Waals surface area contributed by atoms with Gasteiger partial charge in [-0.1, -0.05) is 68.4 Å². The average molecular weight is 1140 g/mol. The maximum Gasteiger partial charge on any atom is 0.311 e. The van der Waals surface area contributed by atoms with E-state index < -0.39 is 127 Å². The lowest BCUT2D eigenvalue weighted by Crippen LogP contribution is -2.61. The van der Waals surface area contributed by atoms with Crippen molar-refractivity contribution < 1.29 is 72.7 Å². The number of methoxy groups -OCH3 is 2. The number of ether oxygens (including phenoxy) is 7. The summed E-state index contributed by atoms with van der Waals surface area (Å²) in [6.07, 6.45) is -8.19. The predicted octanol–water partition coefficient (Wildman–Crippen LogP) is 5.31. The van der Waals surface area contributed by atoms with Crippen LogP contribution in [0.3, 0.4) is 0 Å². The highest BCUT2D eigenvalue weighted by atomic mass is 19.1. The maximum absolute atomic E-state index is 15.1. The molecule has 2 aromatic carbocycles. The van der Waals surface area contributed by atoms with Gasteiger partial charge in [-0.2, -0.15) is 0 Å². The first-order valence-electron chi connectivity index (χ1n) is 28.8. The molecule has 20 atom stereocenters. The largest absolute Gasteiger partial charge is 0.459 e. The van der Waals surface area contributed by atoms with Crippen LogP contribution in [-0.2, 0) is 55.7 Å². The van der Waals surface area contributed by atoms with E-state index in [1.165, 1.54) is 32.7 Å². The van der Waals surface area contributed by atoms with E-state index in [2.05, 4.69) is 15.6 Å². The van der Waals surface area contributed by atoms with E-state index in [1.54, 1.807) is 54.7 Å². The molecule has 81 heavy (non-hydrogen) atoms. The van der Waals surface area contributed by atoms with Gasteiger partial charge in [-0.05, 0) is 116 Å². The number of aliphatic hydroxyl groups is 5. The molecule has 3 aliphatic rings. The molecule has 0 spiro atoms. The smallest absolute Gasteiger partial charge is 0.311 e. The van der Waals surface area contributed by atoms with Crippen molar-refractivity contribution in [2.75, 3.05) is 48.1 Å². The molecule has 3 fully saturated rings. The Balaban J connectivity index is 1.23. The normalized spacial score (nSPS) is 36.8. The predicted molar refractivity (Wildman–Crippen MR) is 301 cm³/mol. The number of carbonyl (C=O) groups excluding carboxylic acids is 2. The molecule has 21 heteroatoms. The molecule has 0 aliphatic carbocycles. The van der Waals surface area contributed by atoms with Crippen LogP contribution < -0.4 is 5.32 Å². The van der Waals surface area contributed by atoms with Crippen LogP contribution in [0.2, 0.25) is 0 Å². The number of nitrogens with one attached hydrogen (secondary N) is 1. The van der Waals surface area contributed by atoms with Crippen molar-refractivity contribution in [3.63, 3.8) is 0 Å². The second kappa shape index (κ2) is 28.2. The Bertz CT molecular complexity index is 2470. The van der Waals surface area contributed by atoms with Gasteiger partial charge in [0, 0.05) is 77.8 Å². The van der Waals surface area contributed by atoms with Crippen LogP contribution in [0.1, 0.15) is 131 Å². The number of hydrogen-bond donors (Lipinski definition) is 6. The van der Waals surface area contributed by atoms with Gasteiger partial charge in [-0.15, -0.1) is 5.10 Å². The zero-order valence-electron chi connectivity index (χ0n) is 50.4. The first kappa shape index (κ1) is 66.1. The molecule has 3 aliphatic heterocycles. The number of amides is 1. The van der Waals surface area contributed by atoms with Crippen molar-refractivity contribution in [1.82, 2.24) is 30.1 Å². The van der Waals surface area contributed by atoms with E-state index in [0.29, 0.717) is 38.2 Å². The van der Waals surface area contributed by atoms with Crippen LogP contribution in [0.4, 0.5) is 4.39 Å². The van der Waals surface area contributed by atoms with Gasteiger partial charge in [0.1, 0.15) is 48.8 Å². The Morgan fingerprint density at radius 2 is 1.65 bits per heavy atom. The Kier molecular flexibility index (Phi) is 23.0. The summed E-state index contributed by atoms with van der Waals surface area (Å²) < 4.78 is 60.9. The molecule has 0 unspecified atom stereocenters. The van der Waals surface area contributed by atoms with Crippen molar-refractivity contribution in [3.8, 4) is 11.1 Å². The van der Waals surface area contributed by atoms with Gasteiger partial charge in [0.15, 0.2) is 12.6 Å². The monoisotopic (exact) mass is 1140 g/mol. The Hall–Kier alpha value is -4.07. The number of benzene rings is 2. The average Bonchev–Trinajstić information content (AvgIpc) is 3.92. The van der Waals surface area contributed by atoms with Crippen LogP contribution >= 0.6 is 0 Å². The number of aliphatic hydroxyl groups excluding tert-OH is 3. The SMILES string of the molecule is CC[C@H]1OC(=O)[C@H](C)[C@@H](O[C@H]2C[C@@](C)(OC)[C@@H](O)[C@H](C)O2)[C@H](C)[C@@H](O[C@@H]2O[C@H](C)C[C@H](N(C)CCc3cn([C@H](CF)[C@H](OC)c4ccc(-c5cccc(CNC(C)=O)c5)cc4)nn3)[C@H]2O)[C@](C)(O)C[C@@H](C)CN(C)[C@H](C)[C@@H](O)[C@]1(C)O. The summed E-state index contributed by atoms with van der Waals surface area (Å²) in [6.45, 7) is 19.3. The topological polar surface area (TPSA) is 249 Å². The van der Waals surface area contributed by atoms with E-state index in [-0.39, 0.29) is 31.1 Å². The minimum atomic E-state index is -1.86. The quantitative estimate of drug-likeness (QED) is 0.0884. The van der Waals surface area contributed by atoms with Crippen LogP contribution in [-0.4, -0.2) is 201 Å². The molecule has 1 aromatic heterocycles. The third kappa shape index (κ3) is 15.8. The van der Waals surface area contributed by atoms with Gasteiger partial charge < -0.3 is 73.8 Å². The van der Waals surface area contributed by atoms with Gasteiger partial charge in [-0.25, -0.2) is 9.07 Å². The van der Waals surface area contributed by atoms with Crippen LogP contribution in [0, 0.1) is 17.8 Å². The number of esters is 1. The molecule has 6 N–H and O–H groups in total. The second-order valence-corrected chi connectivity index (χ2v) is 24.2. The summed E-state index contributed by atoms with van der Waals surface area (Å²) in [4.78, 5) is 29.9. The zero-order chi connectivity index (χ0) is 59.9. The minimum absolute atomic E-state index is 0.0771. The number of nitrogens with zero attached hydrogens (tertiary/aromatic N) is 5. The number of alkyl halides is 1. The first-order valence-corrected chi connectivity index (χ1v) is 28.8. The second-order valence-electron chi connectivity index (χ2n) is 24.2. The fourth-order valence-electron chi connectivity index (χ4n) is 12.5. The first-order chi connectivity index (χ1) is 38.1. The molecule has 456 valence electrons. The summed E-state index contributed by atoms with van der Waals surface area (Å²) >= 11 is 0. The lowest BCUT2D eigenvalue weighted by Gasteiger charge is -2.49. The summed E-state index contributed by atoms with van der Waals surface area (Å²) in [7, 11) is 6.73. The highest BCUT2D eigenvalue weighted by molar-refractivity contribution is 5.73. The maximum atomic E-state index is 15.1. The lowest BCUT2D eigenvalue weighted by molar-refractivity contribution is -0.318. The van der Waals surface area contributed by atoms with Crippen molar-refractivity contribution >= 4 is 11.9 Å². The summed E-state index contributed by atoms with van der Waals surface area (Å²) in [5.41, 5.74) is -0.388. The highest BCUT2D eigenvalue weighted by Gasteiger charge is 2.53. The van der Waals surface area contributed by atoms with Gasteiger partial charge in [0.2, 0.25) is 5.91 Å². The fraction of sp³-hybridized carbons (Fsp3) is 0.733. The van der Waals surface area contributed by atoms with Gasteiger partial charge in [0.25, 0.3) is 0 Å². The Labute approximate surface area is 478 Å². The summed E-state index contributed by atoms with van der Waals surface area (Å²) in [5, 5.41) is 71.6. The van der Waals surface area contributed by atoms with Crippen LogP contribution in [0.15, 0.2) is 54.7 Å². The Morgan fingerprint density at radius 1 is 0.963 bits per heavy atom. The molecule has 0 radical (unpaired) electrons. The highest BCUT2D eigenvalue weighted by Crippen LogP contribution is 2.41. The van der Waals surface area contributed by atoms with E-state index in [0.717, 1.165) is 22.3 Å². The third-order valence-corrected chi connectivity index (χ3v) is 17.5. The van der Waals surface area contributed by atoms with Crippen molar-refractivity contribution in [2.24, 2.45) is 17.8 Å². The van der Waals surface area contributed by atoms with Crippen LogP contribution in [0.25, 0.3) is 11.1 Å². The lowest BCUT2D eigenvalue weighted by atomic mass is 9.77. The fourth-order valence-corrected chi connectivity index (χ4v) is 12.5. The number of aromatic nitrogens is 3. The third-order valence-electron chi connectivity index (χ3n) is 17.5. The number of hydrogen-bond acceptors (Lipinski definition) is 18. The number of likely N-dealkylation sites (N-methyl/N-ethyl adjacent to an activating group) is 2. The van der Waals surface area contributed by atoms with Crippen LogP contribution in [0.5, 0.6) is 0 Å². The molecule has 6 rings (SSSR count). The molecule has 0 bridgehead atoms. The minimum Gasteiger partial charge on any atom is -0.459 e. The molecule has 1 amide bonds. The van der Waals surface area contributed by atoms with E-state index in [9.17, 15) is 35.1 Å². The molecular formula is C60H95FN6O14. The summed E-state index contributed by atoms with van der Waals surface area (Å²) in [6, 6.07) is 13.7. The van der Waals surface area contributed by atoms with Crippen molar-refractivity contribution in [1.29, 1.82) is 0 Å². The number of halogens is 1. The van der Waals surface area contributed by atoms with Crippen molar-refractivity contribution in [3.05, 3.63) is 71.5 Å². The van der Waals surface area contributed by atoms with E-state index in [4.69, 9.17) is 33.2 Å². The number of rotatable bonds is 18. The number of carbonyl (C=O) groups is 2. The molecule has 20 nitrogen and oxygen atoms in total. The van der Waals surface area contributed by atoms with Gasteiger partial charge in [-0.3, -0.25) is 9.59 Å². The van der Waals surface area contributed by atoms with Crippen molar-refractivity contribution in [2.45, 2.75) is 217 Å². The molecular weight excluding hydrogens is 1050 g/mol. The molecule has 4 heterocycles. The summed E-state index contributed by atoms with van der Waals surface area (Å²) in [5.74, 6) is -3.02.